The van der Waals surface area contributed by atoms with E-state index >= 15 is 0 Å². The molecule has 0 saturated carbocycles. The highest BCUT2D eigenvalue weighted by atomic mass is 16.5. The van der Waals surface area contributed by atoms with Gasteiger partial charge in [-0.25, -0.2) is 0 Å². The Labute approximate surface area is 375 Å². The number of esters is 1. The van der Waals surface area contributed by atoms with Crippen LogP contribution in [0.3, 0.4) is 0 Å². The summed E-state index contributed by atoms with van der Waals surface area (Å²) in [4.78, 5) is 26.2. The highest BCUT2D eigenvalue weighted by Gasteiger charge is 2.24. The molecule has 0 aromatic rings. The van der Waals surface area contributed by atoms with Gasteiger partial charge in [-0.15, -0.1) is 0 Å². The molecule has 1 amide bonds. The maximum absolute atomic E-state index is 13.2. The van der Waals surface area contributed by atoms with Gasteiger partial charge in [0.25, 0.3) is 0 Å². The van der Waals surface area contributed by atoms with Gasteiger partial charge < -0.3 is 20.3 Å². The molecule has 0 aromatic carbocycles. The molecule has 0 heterocycles. The van der Waals surface area contributed by atoms with Crippen LogP contribution in [-0.4, -0.2) is 46.9 Å². The lowest BCUT2D eigenvalue weighted by Crippen LogP contribution is -2.46. The summed E-state index contributed by atoms with van der Waals surface area (Å²) < 4.78 is 5.95. The minimum absolute atomic E-state index is 0.0882. The Morgan fingerprint density at radius 2 is 0.700 bits per heavy atom. The largest absolute Gasteiger partial charge is 0.462 e. The molecule has 0 radical (unpaired) electrons. The van der Waals surface area contributed by atoms with Gasteiger partial charge in [0.05, 0.1) is 25.2 Å². The number of ether oxygens (including phenoxy) is 1. The maximum Gasteiger partial charge on any atom is 0.306 e. The van der Waals surface area contributed by atoms with E-state index in [0.717, 1.165) is 38.5 Å². The predicted molar refractivity (Wildman–Crippen MR) is 260 cm³/mol. The Hall–Kier alpha value is -1.14. The van der Waals surface area contributed by atoms with Crippen molar-refractivity contribution in [3.8, 4) is 0 Å². The van der Waals surface area contributed by atoms with Crippen molar-refractivity contribution < 1.29 is 24.5 Å². The number of aliphatic hydroxyl groups excluding tert-OH is 2. The average molecular weight is 850 g/mol. The zero-order valence-electron chi connectivity index (χ0n) is 40.9. The third kappa shape index (κ3) is 43.5. The highest BCUT2D eigenvalue weighted by molar-refractivity contribution is 5.77. The van der Waals surface area contributed by atoms with Crippen LogP contribution in [0.1, 0.15) is 310 Å². The van der Waals surface area contributed by atoms with Crippen LogP contribution in [0.15, 0.2) is 0 Å². The Bertz CT molecular complexity index is 867. The number of amides is 1. The van der Waals surface area contributed by atoms with Gasteiger partial charge in [0.15, 0.2) is 0 Å². The fourth-order valence-electron chi connectivity index (χ4n) is 8.79. The highest BCUT2D eigenvalue weighted by Crippen LogP contribution is 2.19. The average Bonchev–Trinajstić information content (AvgIpc) is 3.24. The molecule has 3 atom stereocenters. The van der Waals surface area contributed by atoms with Crippen LogP contribution in [0, 0.1) is 0 Å². The lowest BCUT2D eigenvalue weighted by Gasteiger charge is -2.24. The second-order valence-corrected chi connectivity index (χ2v) is 19.0. The van der Waals surface area contributed by atoms with E-state index in [1.165, 1.54) is 225 Å². The molecule has 3 unspecified atom stereocenters. The lowest BCUT2D eigenvalue weighted by molar-refractivity contribution is -0.151. The van der Waals surface area contributed by atoms with E-state index in [4.69, 9.17) is 4.74 Å². The van der Waals surface area contributed by atoms with Crippen molar-refractivity contribution in [3.05, 3.63) is 0 Å². The molecule has 0 aliphatic rings. The molecule has 0 saturated heterocycles. The van der Waals surface area contributed by atoms with Crippen molar-refractivity contribution in [1.29, 1.82) is 0 Å². The third-order valence-electron chi connectivity index (χ3n) is 12.9. The van der Waals surface area contributed by atoms with E-state index in [2.05, 4.69) is 26.1 Å². The van der Waals surface area contributed by atoms with Crippen LogP contribution in [0.2, 0.25) is 0 Å². The molecule has 0 aliphatic heterocycles. The summed E-state index contributed by atoms with van der Waals surface area (Å²) in [5, 5.41) is 23.8. The van der Waals surface area contributed by atoms with Gasteiger partial charge in [0.2, 0.25) is 5.91 Å². The van der Waals surface area contributed by atoms with E-state index in [9.17, 15) is 19.8 Å². The minimum atomic E-state index is -0.779. The van der Waals surface area contributed by atoms with E-state index in [1.807, 2.05) is 0 Å². The van der Waals surface area contributed by atoms with E-state index < -0.39 is 18.2 Å². The van der Waals surface area contributed by atoms with Gasteiger partial charge in [-0.1, -0.05) is 271 Å². The molecule has 0 spiro atoms. The van der Waals surface area contributed by atoms with Crippen LogP contribution in [0.5, 0.6) is 0 Å². The van der Waals surface area contributed by atoms with E-state index in [-0.39, 0.29) is 24.9 Å². The second kappa shape index (κ2) is 48.9. The SMILES string of the molecule is CCCCCCCCCCCCCCCCCC(=O)OC(CCCCCCCCCCCCCCCCC)CC(=O)NC(CO)C(O)CCCCCCCCCCCCC. The molecule has 3 N–H and O–H groups in total. The Kier molecular flexibility index (Phi) is 48.0. The number of carbonyl (C=O) groups excluding carboxylic acids is 2. The van der Waals surface area contributed by atoms with Gasteiger partial charge in [0, 0.05) is 6.42 Å². The zero-order valence-corrected chi connectivity index (χ0v) is 40.9. The van der Waals surface area contributed by atoms with Crippen molar-refractivity contribution in [2.75, 3.05) is 6.61 Å². The molecule has 0 aliphatic carbocycles. The van der Waals surface area contributed by atoms with Crippen molar-refractivity contribution in [3.63, 3.8) is 0 Å². The van der Waals surface area contributed by atoms with Crippen LogP contribution in [-0.2, 0) is 14.3 Å². The number of hydrogen-bond acceptors (Lipinski definition) is 5. The summed E-state index contributed by atoms with van der Waals surface area (Å²) in [5.74, 6) is -0.448. The van der Waals surface area contributed by atoms with Gasteiger partial charge in [-0.3, -0.25) is 9.59 Å². The van der Waals surface area contributed by atoms with Crippen molar-refractivity contribution in [2.24, 2.45) is 0 Å². The number of carbonyl (C=O) groups is 2. The normalized spacial score (nSPS) is 13.1. The quantitative estimate of drug-likeness (QED) is 0.0419. The summed E-state index contributed by atoms with van der Waals surface area (Å²) in [6.45, 7) is 6.52. The van der Waals surface area contributed by atoms with Gasteiger partial charge in [0.1, 0.15) is 6.10 Å². The van der Waals surface area contributed by atoms with Crippen LogP contribution < -0.4 is 5.32 Å². The molecule has 0 aromatic heterocycles. The Morgan fingerprint density at radius 3 is 1.02 bits per heavy atom. The lowest BCUT2D eigenvalue weighted by atomic mass is 10.0. The van der Waals surface area contributed by atoms with Gasteiger partial charge >= 0.3 is 5.97 Å². The maximum atomic E-state index is 13.2. The fourth-order valence-corrected chi connectivity index (χ4v) is 8.79. The number of aliphatic hydroxyl groups is 2. The zero-order chi connectivity index (χ0) is 43.8. The smallest absolute Gasteiger partial charge is 0.306 e. The first-order chi connectivity index (χ1) is 29.5. The number of unbranched alkanes of at least 4 members (excludes halogenated alkanes) is 38. The standard InChI is InChI=1S/C54H107NO5/c1-4-7-10-13-16-19-22-24-26-28-31-33-36-39-42-45-50(60-54(59)47-44-41-38-35-32-29-27-25-23-20-17-14-11-8-5-2)48-53(58)55-51(49-56)52(57)46-43-40-37-34-30-21-18-15-12-9-6-3/h50-52,56-57H,4-49H2,1-3H3,(H,55,58). The summed E-state index contributed by atoms with van der Waals surface area (Å²) in [6, 6.07) is -0.692. The van der Waals surface area contributed by atoms with Gasteiger partial charge in [-0.2, -0.15) is 0 Å². The number of rotatable bonds is 50. The summed E-state index contributed by atoms with van der Waals surface area (Å²) in [5.41, 5.74) is 0. The second-order valence-electron chi connectivity index (χ2n) is 19.0. The van der Waals surface area contributed by atoms with Crippen LogP contribution in [0.4, 0.5) is 0 Å². The number of hydrogen-bond donors (Lipinski definition) is 3. The van der Waals surface area contributed by atoms with Crippen LogP contribution in [0.25, 0.3) is 0 Å². The monoisotopic (exact) mass is 850 g/mol. The molecule has 6 heteroatoms. The summed E-state index contributed by atoms with van der Waals surface area (Å²) >= 11 is 0. The van der Waals surface area contributed by atoms with E-state index in [1.54, 1.807) is 0 Å². The summed E-state index contributed by atoms with van der Waals surface area (Å²) in [6.07, 6.45) is 53.0. The molecule has 358 valence electrons. The summed E-state index contributed by atoms with van der Waals surface area (Å²) in [7, 11) is 0. The molecule has 0 fully saturated rings. The van der Waals surface area contributed by atoms with Crippen molar-refractivity contribution in [1.82, 2.24) is 5.32 Å². The third-order valence-corrected chi connectivity index (χ3v) is 12.9. The van der Waals surface area contributed by atoms with Gasteiger partial charge in [-0.05, 0) is 25.7 Å². The van der Waals surface area contributed by atoms with Crippen LogP contribution >= 0.6 is 0 Å². The molecule has 60 heavy (non-hydrogen) atoms. The fraction of sp³-hybridized carbons (Fsp3) is 0.963. The van der Waals surface area contributed by atoms with E-state index in [0.29, 0.717) is 19.3 Å². The van der Waals surface area contributed by atoms with Crippen molar-refractivity contribution >= 4 is 11.9 Å². The minimum Gasteiger partial charge on any atom is -0.462 e. The first-order valence-corrected chi connectivity index (χ1v) is 27.3. The first kappa shape index (κ1) is 58.9. The predicted octanol–water partition coefficient (Wildman–Crippen LogP) is 16.4. The molecular formula is C54H107NO5. The first-order valence-electron chi connectivity index (χ1n) is 27.3. The topological polar surface area (TPSA) is 95.9 Å². The molecule has 0 bridgehead atoms. The number of nitrogens with one attached hydrogen (secondary N) is 1. The Morgan fingerprint density at radius 1 is 0.417 bits per heavy atom. The molecule has 6 nitrogen and oxygen atoms in total. The van der Waals surface area contributed by atoms with Crippen molar-refractivity contribution in [2.45, 2.75) is 328 Å². The molecular weight excluding hydrogens is 743 g/mol. The molecule has 0 rings (SSSR count). The Balaban J connectivity index is 4.51.